The first-order valence-corrected chi connectivity index (χ1v) is 6.95. The van der Waals surface area contributed by atoms with Gasteiger partial charge in [-0.05, 0) is 40.7 Å². The molecule has 0 aromatic carbocycles. The number of nitrogens with zero attached hydrogens (tertiary/aromatic N) is 1. The van der Waals surface area contributed by atoms with Crippen LogP contribution in [-0.2, 0) is 9.31 Å². The van der Waals surface area contributed by atoms with Crippen molar-refractivity contribution in [3.05, 3.63) is 18.3 Å². The number of rotatable bonds is 4. The zero-order valence-corrected chi connectivity index (χ0v) is 12.8. The van der Waals surface area contributed by atoms with Gasteiger partial charge < -0.3 is 19.7 Å². The van der Waals surface area contributed by atoms with E-state index in [1.165, 1.54) is 0 Å². The third-order valence-electron chi connectivity index (χ3n) is 4.00. The molecule has 6 heteroatoms. The van der Waals surface area contributed by atoms with Crippen molar-refractivity contribution in [3.8, 4) is 0 Å². The van der Waals surface area contributed by atoms with Gasteiger partial charge in [-0.1, -0.05) is 6.07 Å². The number of hydrogen-bond acceptors (Lipinski definition) is 5. The highest BCUT2D eigenvalue weighted by Crippen LogP contribution is 2.36. The topological polar surface area (TPSA) is 63.6 Å². The molecule has 1 saturated heterocycles. The number of pyridine rings is 1. The molecule has 1 aliphatic rings. The Hall–Kier alpha value is -1.11. The van der Waals surface area contributed by atoms with Gasteiger partial charge in [0.15, 0.2) is 0 Å². The lowest BCUT2D eigenvalue weighted by atomic mass is 9.79. The number of anilines is 1. The highest BCUT2D eigenvalue weighted by atomic mass is 16.7. The Morgan fingerprint density at radius 1 is 1.30 bits per heavy atom. The lowest BCUT2D eigenvalue weighted by Crippen LogP contribution is -2.41. The van der Waals surface area contributed by atoms with Gasteiger partial charge in [-0.3, -0.25) is 0 Å². The van der Waals surface area contributed by atoms with Gasteiger partial charge in [0.05, 0.1) is 17.8 Å². The molecule has 0 radical (unpaired) electrons. The van der Waals surface area contributed by atoms with Crippen LogP contribution in [-0.4, -0.2) is 41.1 Å². The largest absolute Gasteiger partial charge is 0.498 e. The molecule has 1 aromatic heterocycles. The highest BCUT2D eigenvalue weighted by molar-refractivity contribution is 6.63. The van der Waals surface area contributed by atoms with Gasteiger partial charge in [0.25, 0.3) is 0 Å². The molecule has 2 heterocycles. The van der Waals surface area contributed by atoms with Crippen LogP contribution >= 0.6 is 0 Å². The maximum atomic E-state index is 9.17. The molecule has 5 nitrogen and oxygen atoms in total. The van der Waals surface area contributed by atoms with Gasteiger partial charge in [-0.15, -0.1) is 0 Å². The smallest absolute Gasteiger partial charge is 0.399 e. The molecule has 1 aromatic rings. The summed E-state index contributed by atoms with van der Waals surface area (Å²) in [6.07, 6.45) is 1.71. The summed E-state index contributed by atoms with van der Waals surface area (Å²) >= 11 is 0. The maximum absolute atomic E-state index is 9.17. The van der Waals surface area contributed by atoms with Crippen molar-refractivity contribution in [2.45, 2.75) is 51.9 Å². The van der Waals surface area contributed by atoms with Gasteiger partial charge in [-0.2, -0.15) is 0 Å². The molecule has 1 fully saturated rings. The summed E-state index contributed by atoms with van der Waals surface area (Å²) in [5, 5.41) is 12.3. The van der Waals surface area contributed by atoms with E-state index >= 15 is 0 Å². The third kappa shape index (κ3) is 2.82. The number of nitrogens with one attached hydrogen (secondary N) is 1. The van der Waals surface area contributed by atoms with E-state index in [0.29, 0.717) is 5.82 Å². The summed E-state index contributed by atoms with van der Waals surface area (Å²) < 4.78 is 12.1. The SMILES string of the molecule is CC(CO)Nc1ncccc1B1OC(C)(C)C(C)(C)O1. The van der Waals surface area contributed by atoms with Crippen molar-refractivity contribution in [3.63, 3.8) is 0 Å². The number of aromatic nitrogens is 1. The minimum absolute atomic E-state index is 0.0411. The average Bonchev–Trinajstić information content (AvgIpc) is 2.59. The zero-order valence-electron chi connectivity index (χ0n) is 12.8. The summed E-state index contributed by atoms with van der Waals surface area (Å²) in [5.41, 5.74) is 0.0900. The molecule has 2 N–H and O–H groups in total. The molecule has 1 atom stereocenters. The van der Waals surface area contributed by atoms with Crippen LogP contribution in [0.3, 0.4) is 0 Å². The van der Waals surface area contributed by atoms with Crippen molar-refractivity contribution in [2.75, 3.05) is 11.9 Å². The van der Waals surface area contributed by atoms with Crippen LogP contribution in [0.4, 0.5) is 5.82 Å². The van der Waals surface area contributed by atoms with E-state index in [4.69, 9.17) is 14.4 Å². The lowest BCUT2D eigenvalue weighted by Gasteiger charge is -2.32. The van der Waals surface area contributed by atoms with Crippen molar-refractivity contribution < 1.29 is 14.4 Å². The molecular formula is C14H23BN2O3. The first-order chi connectivity index (χ1) is 9.27. The molecule has 0 spiro atoms. The van der Waals surface area contributed by atoms with E-state index in [-0.39, 0.29) is 23.9 Å². The second-order valence-electron chi connectivity index (χ2n) is 6.26. The van der Waals surface area contributed by atoms with E-state index in [1.807, 2.05) is 46.8 Å². The fourth-order valence-electron chi connectivity index (χ4n) is 1.98. The van der Waals surface area contributed by atoms with Crippen molar-refractivity contribution in [1.29, 1.82) is 0 Å². The van der Waals surface area contributed by atoms with Crippen LogP contribution < -0.4 is 10.8 Å². The van der Waals surface area contributed by atoms with E-state index in [0.717, 1.165) is 5.46 Å². The highest BCUT2D eigenvalue weighted by Gasteiger charge is 2.52. The minimum Gasteiger partial charge on any atom is -0.399 e. The maximum Gasteiger partial charge on any atom is 0.498 e. The molecule has 1 unspecified atom stereocenters. The Labute approximate surface area is 120 Å². The van der Waals surface area contributed by atoms with Crippen LogP contribution in [0.1, 0.15) is 34.6 Å². The number of hydrogen-bond donors (Lipinski definition) is 2. The van der Waals surface area contributed by atoms with E-state index < -0.39 is 7.12 Å². The Bertz CT molecular complexity index is 463. The van der Waals surface area contributed by atoms with Crippen LogP contribution in [0.25, 0.3) is 0 Å². The Kier molecular flexibility index (Phi) is 4.09. The number of aliphatic hydroxyl groups is 1. The standard InChI is InChI=1S/C14H23BN2O3/c1-10(9-18)17-12-11(7-6-8-16-12)15-19-13(2,3)14(4,5)20-15/h6-8,10,18H,9H2,1-5H3,(H,16,17). The minimum atomic E-state index is -0.456. The molecule has 0 amide bonds. The quantitative estimate of drug-likeness (QED) is 0.810. The van der Waals surface area contributed by atoms with E-state index in [9.17, 15) is 0 Å². The van der Waals surface area contributed by atoms with Gasteiger partial charge in [0.2, 0.25) is 0 Å². The molecule has 1 aliphatic heterocycles. The van der Waals surface area contributed by atoms with E-state index in [2.05, 4.69) is 10.3 Å². The van der Waals surface area contributed by atoms with Crippen LogP contribution in [0.2, 0.25) is 0 Å². The Balaban J connectivity index is 2.26. The molecule has 110 valence electrons. The van der Waals surface area contributed by atoms with Gasteiger partial charge in [0, 0.05) is 17.7 Å². The first-order valence-electron chi connectivity index (χ1n) is 6.95. The molecule has 0 aliphatic carbocycles. The molecule has 0 bridgehead atoms. The fraction of sp³-hybridized carbons (Fsp3) is 0.643. The summed E-state index contributed by atoms with van der Waals surface area (Å²) in [7, 11) is -0.456. The molecule has 0 saturated carbocycles. The molecule has 2 rings (SSSR count). The fourth-order valence-corrected chi connectivity index (χ4v) is 1.98. The predicted molar refractivity (Wildman–Crippen MR) is 80.1 cm³/mol. The van der Waals surface area contributed by atoms with Crippen LogP contribution in [0, 0.1) is 0 Å². The second kappa shape index (κ2) is 5.35. The summed E-state index contributed by atoms with van der Waals surface area (Å²) in [6.45, 7) is 10.0. The van der Waals surface area contributed by atoms with Crippen LogP contribution in [0.15, 0.2) is 18.3 Å². The Morgan fingerprint density at radius 3 is 2.45 bits per heavy atom. The first kappa shape index (κ1) is 15.3. The number of aliphatic hydroxyl groups excluding tert-OH is 1. The zero-order chi connectivity index (χ0) is 15.0. The van der Waals surface area contributed by atoms with Crippen molar-refractivity contribution in [2.24, 2.45) is 0 Å². The van der Waals surface area contributed by atoms with Crippen molar-refractivity contribution >= 4 is 18.4 Å². The lowest BCUT2D eigenvalue weighted by molar-refractivity contribution is 0.00578. The second-order valence-corrected chi connectivity index (χ2v) is 6.26. The molecular weight excluding hydrogens is 255 g/mol. The summed E-state index contributed by atoms with van der Waals surface area (Å²) in [6, 6.07) is 3.71. The average molecular weight is 278 g/mol. The molecule has 20 heavy (non-hydrogen) atoms. The monoisotopic (exact) mass is 278 g/mol. The van der Waals surface area contributed by atoms with Crippen LogP contribution in [0.5, 0.6) is 0 Å². The van der Waals surface area contributed by atoms with Gasteiger partial charge in [0.1, 0.15) is 5.82 Å². The normalized spacial score (nSPS) is 21.8. The Morgan fingerprint density at radius 2 is 1.90 bits per heavy atom. The van der Waals surface area contributed by atoms with E-state index in [1.54, 1.807) is 6.20 Å². The van der Waals surface area contributed by atoms with Gasteiger partial charge in [-0.25, -0.2) is 4.98 Å². The van der Waals surface area contributed by atoms with Gasteiger partial charge >= 0.3 is 7.12 Å². The summed E-state index contributed by atoms with van der Waals surface area (Å²) in [4.78, 5) is 4.32. The van der Waals surface area contributed by atoms with Crippen molar-refractivity contribution in [1.82, 2.24) is 4.98 Å². The predicted octanol–water partition coefficient (Wildman–Crippen LogP) is 1.17. The third-order valence-corrected chi connectivity index (χ3v) is 4.00. The summed E-state index contributed by atoms with van der Waals surface area (Å²) in [5.74, 6) is 0.688.